The molecule has 0 unspecified atom stereocenters. The van der Waals surface area contributed by atoms with Crippen LogP contribution in [0.5, 0.6) is 5.75 Å². The zero-order chi connectivity index (χ0) is 16.5. The standard InChI is InChI=1S/C19H30N2O2/c1-16(2)15-21-10-8-18(9-11-21)20-14-17-4-6-19(7-5-17)23-13-12-22-3/h4-7,18,20H,1,8-15H2,2-3H3. The van der Waals surface area contributed by atoms with E-state index in [9.17, 15) is 0 Å². The largest absolute Gasteiger partial charge is 0.491 e. The van der Waals surface area contributed by atoms with Crippen LogP contribution < -0.4 is 10.1 Å². The number of hydrogen-bond donors (Lipinski definition) is 1. The minimum absolute atomic E-state index is 0.594. The highest BCUT2D eigenvalue weighted by molar-refractivity contribution is 5.27. The fourth-order valence-electron chi connectivity index (χ4n) is 2.89. The van der Waals surface area contributed by atoms with Crippen molar-refractivity contribution in [2.75, 3.05) is 40.0 Å². The summed E-state index contributed by atoms with van der Waals surface area (Å²) in [5, 5.41) is 3.67. The number of piperidine rings is 1. The summed E-state index contributed by atoms with van der Waals surface area (Å²) in [6.45, 7) is 11.6. The van der Waals surface area contributed by atoms with Crippen LogP contribution in [-0.2, 0) is 11.3 Å². The molecule has 1 aliphatic heterocycles. The highest BCUT2D eigenvalue weighted by Crippen LogP contribution is 2.14. The summed E-state index contributed by atoms with van der Waals surface area (Å²) in [5.41, 5.74) is 2.55. The summed E-state index contributed by atoms with van der Waals surface area (Å²) in [7, 11) is 1.68. The molecule has 1 aliphatic rings. The van der Waals surface area contributed by atoms with Gasteiger partial charge in [0.1, 0.15) is 12.4 Å². The van der Waals surface area contributed by atoms with Crippen LogP contribution in [0.4, 0.5) is 0 Å². The summed E-state index contributed by atoms with van der Waals surface area (Å²) in [6.07, 6.45) is 2.43. The lowest BCUT2D eigenvalue weighted by molar-refractivity contribution is 0.146. The number of ether oxygens (including phenoxy) is 2. The van der Waals surface area contributed by atoms with E-state index in [2.05, 4.69) is 35.9 Å². The van der Waals surface area contributed by atoms with Gasteiger partial charge in [0.15, 0.2) is 0 Å². The van der Waals surface area contributed by atoms with E-state index in [4.69, 9.17) is 9.47 Å². The summed E-state index contributed by atoms with van der Waals surface area (Å²) in [4.78, 5) is 2.49. The topological polar surface area (TPSA) is 33.7 Å². The van der Waals surface area contributed by atoms with Crippen molar-refractivity contribution in [1.29, 1.82) is 0 Å². The van der Waals surface area contributed by atoms with Gasteiger partial charge in [-0.15, -0.1) is 0 Å². The zero-order valence-corrected chi connectivity index (χ0v) is 14.5. The highest BCUT2D eigenvalue weighted by atomic mass is 16.5. The third-order valence-corrected chi connectivity index (χ3v) is 4.16. The molecule has 1 N–H and O–H groups in total. The summed E-state index contributed by atoms with van der Waals surface area (Å²) in [6, 6.07) is 8.94. The molecule has 2 rings (SSSR count). The van der Waals surface area contributed by atoms with Gasteiger partial charge in [-0.05, 0) is 50.6 Å². The van der Waals surface area contributed by atoms with Crippen molar-refractivity contribution < 1.29 is 9.47 Å². The van der Waals surface area contributed by atoms with E-state index in [0.717, 1.165) is 31.9 Å². The van der Waals surface area contributed by atoms with Crippen LogP contribution >= 0.6 is 0 Å². The van der Waals surface area contributed by atoms with Gasteiger partial charge in [0.25, 0.3) is 0 Å². The molecule has 0 aliphatic carbocycles. The molecule has 1 fully saturated rings. The van der Waals surface area contributed by atoms with Crippen molar-refractivity contribution in [3.63, 3.8) is 0 Å². The monoisotopic (exact) mass is 318 g/mol. The van der Waals surface area contributed by atoms with Crippen molar-refractivity contribution in [2.24, 2.45) is 0 Å². The molecule has 0 atom stereocenters. The maximum atomic E-state index is 5.58. The molecule has 4 nitrogen and oxygen atoms in total. The maximum absolute atomic E-state index is 5.58. The fraction of sp³-hybridized carbons (Fsp3) is 0.579. The number of rotatable bonds is 9. The van der Waals surface area contributed by atoms with Gasteiger partial charge in [-0.25, -0.2) is 0 Å². The molecule has 0 spiro atoms. The Kier molecular flexibility index (Phi) is 7.59. The minimum Gasteiger partial charge on any atom is -0.491 e. The average Bonchev–Trinajstić information content (AvgIpc) is 2.55. The van der Waals surface area contributed by atoms with Crippen molar-refractivity contribution in [1.82, 2.24) is 10.2 Å². The first-order chi connectivity index (χ1) is 11.2. The first-order valence-corrected chi connectivity index (χ1v) is 8.48. The Morgan fingerprint density at radius 1 is 1.22 bits per heavy atom. The number of benzene rings is 1. The SMILES string of the molecule is C=C(C)CN1CCC(NCc2ccc(OCCOC)cc2)CC1. The van der Waals surface area contributed by atoms with E-state index in [1.54, 1.807) is 7.11 Å². The van der Waals surface area contributed by atoms with Crippen LogP contribution in [0, 0.1) is 0 Å². The van der Waals surface area contributed by atoms with Gasteiger partial charge < -0.3 is 14.8 Å². The molecule has 0 radical (unpaired) electrons. The van der Waals surface area contributed by atoms with E-state index in [0.29, 0.717) is 19.3 Å². The van der Waals surface area contributed by atoms with Crippen molar-refractivity contribution in [2.45, 2.75) is 32.4 Å². The molecule has 1 aromatic rings. The molecule has 0 bridgehead atoms. The molecular weight excluding hydrogens is 288 g/mol. The molecule has 0 aromatic heterocycles. The van der Waals surface area contributed by atoms with E-state index >= 15 is 0 Å². The summed E-state index contributed by atoms with van der Waals surface area (Å²) >= 11 is 0. The molecule has 4 heteroatoms. The first-order valence-electron chi connectivity index (χ1n) is 8.48. The molecule has 128 valence electrons. The van der Waals surface area contributed by atoms with Crippen molar-refractivity contribution in [3.8, 4) is 5.75 Å². The highest BCUT2D eigenvalue weighted by Gasteiger charge is 2.18. The number of likely N-dealkylation sites (tertiary alicyclic amines) is 1. The Balaban J connectivity index is 1.67. The van der Waals surface area contributed by atoms with Crippen LogP contribution in [-0.4, -0.2) is 50.9 Å². The van der Waals surface area contributed by atoms with E-state index < -0.39 is 0 Å². The molecule has 1 saturated heterocycles. The molecule has 23 heavy (non-hydrogen) atoms. The lowest BCUT2D eigenvalue weighted by Gasteiger charge is -2.32. The number of hydrogen-bond acceptors (Lipinski definition) is 4. The predicted octanol–water partition coefficient (Wildman–Crippen LogP) is 2.84. The first kappa shape index (κ1) is 18.0. The van der Waals surface area contributed by atoms with Gasteiger partial charge in [0.2, 0.25) is 0 Å². The Morgan fingerprint density at radius 3 is 2.52 bits per heavy atom. The third kappa shape index (κ3) is 6.73. The Morgan fingerprint density at radius 2 is 1.91 bits per heavy atom. The Labute approximate surface area is 140 Å². The van der Waals surface area contributed by atoms with Crippen molar-refractivity contribution in [3.05, 3.63) is 42.0 Å². The van der Waals surface area contributed by atoms with Gasteiger partial charge in [0.05, 0.1) is 6.61 Å². The van der Waals surface area contributed by atoms with Crippen LogP contribution in [0.2, 0.25) is 0 Å². The minimum atomic E-state index is 0.594. The van der Waals surface area contributed by atoms with Crippen LogP contribution in [0.25, 0.3) is 0 Å². The Bertz CT molecular complexity index is 465. The predicted molar refractivity (Wildman–Crippen MR) is 94.9 cm³/mol. The lowest BCUT2D eigenvalue weighted by atomic mass is 10.0. The summed E-state index contributed by atoms with van der Waals surface area (Å²) in [5.74, 6) is 0.902. The van der Waals surface area contributed by atoms with Crippen molar-refractivity contribution >= 4 is 0 Å². The smallest absolute Gasteiger partial charge is 0.119 e. The summed E-state index contributed by atoms with van der Waals surface area (Å²) < 4.78 is 10.6. The van der Waals surface area contributed by atoms with Gasteiger partial charge in [-0.1, -0.05) is 24.3 Å². The number of methoxy groups -OCH3 is 1. The average molecular weight is 318 g/mol. The van der Waals surface area contributed by atoms with Crippen LogP contribution in [0.1, 0.15) is 25.3 Å². The van der Waals surface area contributed by atoms with Gasteiger partial charge in [-0.3, -0.25) is 4.90 Å². The van der Waals surface area contributed by atoms with Gasteiger partial charge in [-0.2, -0.15) is 0 Å². The quantitative estimate of drug-likeness (QED) is 0.561. The van der Waals surface area contributed by atoms with Crippen LogP contribution in [0.3, 0.4) is 0 Å². The molecular formula is C19H30N2O2. The molecule has 0 saturated carbocycles. The molecule has 0 amide bonds. The fourth-order valence-corrected chi connectivity index (χ4v) is 2.89. The van der Waals surface area contributed by atoms with E-state index in [-0.39, 0.29) is 0 Å². The second-order valence-corrected chi connectivity index (χ2v) is 6.37. The second kappa shape index (κ2) is 9.71. The van der Waals surface area contributed by atoms with Gasteiger partial charge in [0, 0.05) is 26.2 Å². The molecule has 1 aromatic carbocycles. The number of nitrogens with zero attached hydrogens (tertiary/aromatic N) is 1. The van der Waals surface area contributed by atoms with Gasteiger partial charge >= 0.3 is 0 Å². The normalized spacial score (nSPS) is 16.4. The number of nitrogens with one attached hydrogen (secondary N) is 1. The maximum Gasteiger partial charge on any atom is 0.119 e. The molecule has 1 heterocycles. The van der Waals surface area contributed by atoms with E-state index in [1.165, 1.54) is 24.0 Å². The van der Waals surface area contributed by atoms with E-state index in [1.807, 2.05) is 12.1 Å². The zero-order valence-electron chi connectivity index (χ0n) is 14.5. The second-order valence-electron chi connectivity index (χ2n) is 6.37. The van der Waals surface area contributed by atoms with Crippen LogP contribution in [0.15, 0.2) is 36.4 Å². The lowest BCUT2D eigenvalue weighted by Crippen LogP contribution is -2.42. The Hall–Kier alpha value is -1.36. The third-order valence-electron chi connectivity index (χ3n) is 4.16.